The van der Waals surface area contributed by atoms with E-state index in [1.807, 2.05) is 0 Å². The maximum absolute atomic E-state index is 13.1. The topological polar surface area (TPSA) is 263 Å². The minimum Gasteiger partial charge on any atom is -0.480 e. The first-order chi connectivity index (χ1) is 16.3. The number of carbonyl (C=O) groups excluding carboxylic acids is 5. The van der Waals surface area contributed by atoms with Crippen LogP contribution in [0.25, 0.3) is 0 Å². The van der Waals surface area contributed by atoms with Crippen LogP contribution in [0.1, 0.15) is 58.8 Å². The zero-order valence-electron chi connectivity index (χ0n) is 20.2. The van der Waals surface area contributed by atoms with Crippen LogP contribution in [-0.4, -0.2) is 71.3 Å². The molecule has 0 radical (unpaired) electrons. The molecule has 5 unspecified atom stereocenters. The van der Waals surface area contributed by atoms with E-state index in [0.29, 0.717) is 25.8 Å². The minimum atomic E-state index is -1.57. The number of hydrogen-bond donors (Lipinski definition) is 8. The summed E-state index contributed by atoms with van der Waals surface area (Å²) in [7, 11) is 0. The summed E-state index contributed by atoms with van der Waals surface area (Å²) in [5.74, 6) is -5.51. The smallest absolute Gasteiger partial charge is 0.326 e. The van der Waals surface area contributed by atoms with Crippen molar-refractivity contribution in [3.05, 3.63) is 0 Å². The van der Waals surface area contributed by atoms with Gasteiger partial charge in [-0.25, -0.2) is 4.79 Å². The summed E-state index contributed by atoms with van der Waals surface area (Å²) in [5, 5.41) is 16.6. The number of primary amides is 2. The van der Waals surface area contributed by atoms with Crippen LogP contribution in [0, 0.1) is 5.92 Å². The molecule has 5 atom stereocenters. The van der Waals surface area contributed by atoms with Gasteiger partial charge in [0.05, 0.1) is 12.5 Å². The molecular formula is C21H39N7O7. The average Bonchev–Trinajstić information content (AvgIpc) is 2.78. The Hall–Kier alpha value is -3.26. The highest BCUT2D eigenvalue weighted by Gasteiger charge is 2.32. The van der Waals surface area contributed by atoms with Crippen LogP contribution in [-0.2, 0) is 28.8 Å². The number of carboxylic acid groups (broad SMARTS) is 1. The molecule has 0 bridgehead atoms. The Bertz CT molecular complexity index is 762. The molecule has 0 aliphatic heterocycles. The van der Waals surface area contributed by atoms with Gasteiger partial charge in [-0.15, -0.1) is 0 Å². The Balaban J connectivity index is 5.56. The molecule has 0 saturated carbocycles. The van der Waals surface area contributed by atoms with Crippen LogP contribution in [0.2, 0.25) is 0 Å². The number of nitrogens with two attached hydrogens (primary N) is 4. The van der Waals surface area contributed by atoms with Crippen LogP contribution in [0.15, 0.2) is 0 Å². The Morgan fingerprint density at radius 1 is 0.829 bits per heavy atom. The van der Waals surface area contributed by atoms with Crippen LogP contribution in [0.5, 0.6) is 0 Å². The van der Waals surface area contributed by atoms with Crippen molar-refractivity contribution in [2.24, 2.45) is 28.9 Å². The number of rotatable bonds is 18. The number of unbranched alkanes of at least 4 members (excludes halogenated alkanes) is 1. The number of hydrogen-bond acceptors (Lipinski definition) is 8. The Kier molecular flexibility index (Phi) is 14.9. The highest BCUT2D eigenvalue weighted by molar-refractivity contribution is 5.95. The highest BCUT2D eigenvalue weighted by Crippen LogP contribution is 2.11. The van der Waals surface area contributed by atoms with Gasteiger partial charge in [-0.1, -0.05) is 20.3 Å². The molecule has 200 valence electrons. The molecule has 0 fully saturated rings. The Morgan fingerprint density at radius 2 is 1.43 bits per heavy atom. The normalized spacial score (nSPS) is 15.1. The van der Waals surface area contributed by atoms with Crippen molar-refractivity contribution in [3.8, 4) is 0 Å². The summed E-state index contributed by atoms with van der Waals surface area (Å²) >= 11 is 0. The van der Waals surface area contributed by atoms with E-state index in [-0.39, 0.29) is 25.2 Å². The average molecular weight is 502 g/mol. The standard InChI is InChI=1S/C21H39N7O7/c1-3-11(2)17(28-18(31)12(23)7-8-15(24)29)20(33)26-13(6-4-5-9-22)19(32)27-14(21(34)35)10-16(25)30/h11-14,17H,3-10,22-23H2,1-2H3,(H2,24,29)(H2,25,30)(H,26,33)(H,27,32)(H,28,31)(H,34,35). The van der Waals surface area contributed by atoms with Gasteiger partial charge in [-0.2, -0.15) is 0 Å². The van der Waals surface area contributed by atoms with E-state index in [2.05, 4.69) is 16.0 Å². The first kappa shape index (κ1) is 31.7. The van der Waals surface area contributed by atoms with Crippen molar-refractivity contribution in [2.75, 3.05) is 6.54 Å². The van der Waals surface area contributed by atoms with E-state index < -0.39 is 66.1 Å². The number of carbonyl (C=O) groups is 6. The van der Waals surface area contributed by atoms with E-state index >= 15 is 0 Å². The van der Waals surface area contributed by atoms with Crippen molar-refractivity contribution in [2.45, 2.75) is 83.0 Å². The van der Waals surface area contributed by atoms with Gasteiger partial charge < -0.3 is 44.0 Å². The molecule has 0 rings (SSSR count). The van der Waals surface area contributed by atoms with Gasteiger partial charge in [0.1, 0.15) is 18.1 Å². The number of amides is 5. The lowest BCUT2D eigenvalue weighted by Gasteiger charge is -2.28. The Labute approximate surface area is 204 Å². The van der Waals surface area contributed by atoms with Gasteiger partial charge in [0.2, 0.25) is 29.5 Å². The lowest BCUT2D eigenvalue weighted by Crippen LogP contribution is -2.58. The SMILES string of the molecule is CCC(C)C(NC(=O)C(N)CCC(N)=O)C(=O)NC(CCCCN)C(=O)NC(CC(N)=O)C(=O)O. The summed E-state index contributed by atoms with van der Waals surface area (Å²) in [6, 6.07) is -4.86. The van der Waals surface area contributed by atoms with E-state index in [9.17, 15) is 33.9 Å². The van der Waals surface area contributed by atoms with E-state index in [4.69, 9.17) is 22.9 Å². The summed E-state index contributed by atoms with van der Waals surface area (Å²) in [5.41, 5.74) is 21.4. The predicted octanol–water partition coefficient (Wildman–Crippen LogP) is -2.83. The minimum absolute atomic E-state index is 0.00340. The monoisotopic (exact) mass is 501 g/mol. The van der Waals surface area contributed by atoms with Crippen LogP contribution in [0.3, 0.4) is 0 Å². The van der Waals surface area contributed by atoms with Crippen molar-refractivity contribution in [3.63, 3.8) is 0 Å². The van der Waals surface area contributed by atoms with Crippen LogP contribution >= 0.6 is 0 Å². The van der Waals surface area contributed by atoms with Crippen molar-refractivity contribution >= 4 is 35.5 Å². The van der Waals surface area contributed by atoms with Crippen LogP contribution in [0.4, 0.5) is 0 Å². The summed E-state index contributed by atoms with van der Waals surface area (Å²) in [4.78, 5) is 71.8. The molecule has 0 aromatic rings. The van der Waals surface area contributed by atoms with Crippen molar-refractivity contribution in [1.82, 2.24) is 16.0 Å². The van der Waals surface area contributed by atoms with Gasteiger partial charge in [0.15, 0.2) is 0 Å². The van der Waals surface area contributed by atoms with Crippen LogP contribution < -0.4 is 38.9 Å². The second-order valence-corrected chi connectivity index (χ2v) is 8.40. The molecule has 35 heavy (non-hydrogen) atoms. The third kappa shape index (κ3) is 12.7. The molecule has 0 aliphatic rings. The molecule has 14 nitrogen and oxygen atoms in total. The lowest BCUT2D eigenvalue weighted by atomic mass is 9.96. The fraction of sp³-hybridized carbons (Fsp3) is 0.714. The summed E-state index contributed by atoms with van der Waals surface area (Å²) in [6.45, 7) is 3.86. The molecule has 5 amide bonds. The fourth-order valence-electron chi connectivity index (χ4n) is 3.09. The molecule has 0 aromatic heterocycles. The maximum Gasteiger partial charge on any atom is 0.326 e. The quantitative estimate of drug-likeness (QED) is 0.0898. The molecule has 0 heterocycles. The van der Waals surface area contributed by atoms with Gasteiger partial charge in [-0.3, -0.25) is 24.0 Å². The molecule has 0 aromatic carbocycles. The number of aliphatic carboxylic acids is 1. The molecular weight excluding hydrogens is 462 g/mol. The predicted molar refractivity (Wildman–Crippen MR) is 126 cm³/mol. The summed E-state index contributed by atoms with van der Waals surface area (Å²) < 4.78 is 0. The zero-order chi connectivity index (χ0) is 27.1. The van der Waals surface area contributed by atoms with E-state index in [0.717, 1.165) is 0 Å². The lowest BCUT2D eigenvalue weighted by molar-refractivity contribution is -0.144. The first-order valence-corrected chi connectivity index (χ1v) is 11.5. The van der Waals surface area contributed by atoms with Crippen molar-refractivity contribution in [1.29, 1.82) is 0 Å². The third-order valence-corrected chi connectivity index (χ3v) is 5.43. The third-order valence-electron chi connectivity index (χ3n) is 5.43. The number of carboxylic acids is 1. The highest BCUT2D eigenvalue weighted by atomic mass is 16.4. The molecule has 14 heteroatoms. The van der Waals surface area contributed by atoms with Gasteiger partial charge in [-0.05, 0) is 38.1 Å². The largest absolute Gasteiger partial charge is 0.480 e. The van der Waals surface area contributed by atoms with E-state index in [1.54, 1.807) is 13.8 Å². The zero-order valence-corrected chi connectivity index (χ0v) is 20.2. The molecule has 0 spiro atoms. The van der Waals surface area contributed by atoms with Gasteiger partial charge >= 0.3 is 5.97 Å². The fourth-order valence-corrected chi connectivity index (χ4v) is 3.09. The van der Waals surface area contributed by atoms with Gasteiger partial charge in [0.25, 0.3) is 0 Å². The first-order valence-electron chi connectivity index (χ1n) is 11.5. The van der Waals surface area contributed by atoms with E-state index in [1.165, 1.54) is 0 Å². The second-order valence-electron chi connectivity index (χ2n) is 8.40. The van der Waals surface area contributed by atoms with Crippen molar-refractivity contribution < 1.29 is 33.9 Å². The second kappa shape index (κ2) is 16.4. The molecule has 0 aliphatic carbocycles. The Morgan fingerprint density at radius 3 is 1.91 bits per heavy atom. The molecule has 0 saturated heterocycles. The summed E-state index contributed by atoms with van der Waals surface area (Å²) in [6.07, 6.45) is 0.893. The number of nitrogens with one attached hydrogen (secondary N) is 3. The maximum atomic E-state index is 13.1. The molecule has 12 N–H and O–H groups in total. The van der Waals surface area contributed by atoms with Gasteiger partial charge in [0, 0.05) is 6.42 Å².